The van der Waals surface area contributed by atoms with Crippen LogP contribution in [0.15, 0.2) is 41.8 Å². The van der Waals surface area contributed by atoms with Crippen LogP contribution in [0.25, 0.3) is 10.9 Å². The van der Waals surface area contributed by atoms with E-state index in [-0.39, 0.29) is 6.04 Å². The predicted octanol–water partition coefficient (Wildman–Crippen LogP) is 4.22. The lowest BCUT2D eigenvalue weighted by Crippen LogP contribution is -2.18. The van der Waals surface area contributed by atoms with E-state index < -0.39 is 0 Å². The molecule has 3 rings (SSSR count). The zero-order valence-corrected chi connectivity index (χ0v) is 12.8. The van der Waals surface area contributed by atoms with Gasteiger partial charge in [-0.2, -0.15) is 0 Å². The molecule has 0 aliphatic rings. The number of hydrogen-bond donors (Lipinski definition) is 1. The number of pyridine rings is 1. The van der Waals surface area contributed by atoms with Crippen molar-refractivity contribution in [2.45, 2.75) is 19.9 Å². The molecule has 1 unspecified atom stereocenters. The topological polar surface area (TPSA) is 24.9 Å². The van der Waals surface area contributed by atoms with Gasteiger partial charge in [-0.05, 0) is 55.6 Å². The summed E-state index contributed by atoms with van der Waals surface area (Å²) in [6, 6.07) is 13.0. The standard InChI is InChI=1S/C17H18N2S/c1-11-10-15(14-6-4-5-7-16(14)19-11)17(18-3)13-8-9-20-12(13)2/h4-10,17-18H,1-3H3. The number of para-hydroxylation sites is 1. The first-order chi connectivity index (χ1) is 9.70. The number of nitrogens with zero attached hydrogens (tertiary/aromatic N) is 1. The minimum atomic E-state index is 0.216. The van der Waals surface area contributed by atoms with Gasteiger partial charge in [0.15, 0.2) is 0 Å². The molecule has 0 fully saturated rings. The van der Waals surface area contributed by atoms with Gasteiger partial charge < -0.3 is 5.32 Å². The lowest BCUT2D eigenvalue weighted by Gasteiger charge is -2.19. The average molecular weight is 282 g/mol. The minimum Gasteiger partial charge on any atom is -0.309 e. The molecule has 102 valence electrons. The molecule has 0 aliphatic carbocycles. The fraction of sp³-hybridized carbons (Fsp3) is 0.235. The van der Waals surface area contributed by atoms with Crippen LogP contribution in [0, 0.1) is 13.8 Å². The van der Waals surface area contributed by atoms with E-state index in [1.807, 2.05) is 13.1 Å². The summed E-state index contributed by atoms with van der Waals surface area (Å²) in [6.45, 7) is 4.24. The van der Waals surface area contributed by atoms with Gasteiger partial charge >= 0.3 is 0 Å². The Morgan fingerprint density at radius 3 is 2.60 bits per heavy atom. The number of rotatable bonds is 3. The van der Waals surface area contributed by atoms with Gasteiger partial charge in [-0.3, -0.25) is 4.98 Å². The second-order valence-electron chi connectivity index (χ2n) is 5.02. The molecule has 0 saturated heterocycles. The highest BCUT2D eigenvalue weighted by Crippen LogP contribution is 2.32. The third kappa shape index (κ3) is 2.23. The highest BCUT2D eigenvalue weighted by molar-refractivity contribution is 7.10. The maximum atomic E-state index is 4.63. The number of hydrogen-bond acceptors (Lipinski definition) is 3. The summed E-state index contributed by atoms with van der Waals surface area (Å²) in [7, 11) is 2.02. The molecule has 0 bridgehead atoms. The Bertz CT molecular complexity index is 746. The molecule has 0 aliphatic heterocycles. The molecule has 1 atom stereocenters. The number of thiophene rings is 1. The summed E-state index contributed by atoms with van der Waals surface area (Å²) in [5.74, 6) is 0. The molecule has 20 heavy (non-hydrogen) atoms. The van der Waals surface area contributed by atoms with Crippen molar-refractivity contribution in [2.24, 2.45) is 0 Å². The van der Waals surface area contributed by atoms with Crippen molar-refractivity contribution in [3.8, 4) is 0 Å². The number of nitrogens with one attached hydrogen (secondary N) is 1. The van der Waals surface area contributed by atoms with Gasteiger partial charge in [-0.15, -0.1) is 11.3 Å². The SMILES string of the molecule is CNC(c1ccsc1C)c1cc(C)nc2ccccc12. The number of benzene rings is 1. The molecular formula is C17H18N2S. The highest BCUT2D eigenvalue weighted by Gasteiger charge is 2.18. The van der Waals surface area contributed by atoms with Crippen molar-refractivity contribution in [1.29, 1.82) is 0 Å². The molecule has 2 heterocycles. The Morgan fingerprint density at radius 1 is 1.10 bits per heavy atom. The molecule has 1 N–H and O–H groups in total. The van der Waals surface area contributed by atoms with Crippen LogP contribution in [0.3, 0.4) is 0 Å². The van der Waals surface area contributed by atoms with Crippen LogP contribution in [-0.2, 0) is 0 Å². The van der Waals surface area contributed by atoms with Gasteiger partial charge in [0.2, 0.25) is 0 Å². The van der Waals surface area contributed by atoms with Crippen molar-refractivity contribution in [1.82, 2.24) is 10.3 Å². The quantitative estimate of drug-likeness (QED) is 0.778. The Labute approximate surface area is 123 Å². The third-order valence-electron chi connectivity index (χ3n) is 3.69. The van der Waals surface area contributed by atoms with Gasteiger partial charge in [0, 0.05) is 16.0 Å². The van der Waals surface area contributed by atoms with Crippen molar-refractivity contribution >= 4 is 22.2 Å². The van der Waals surface area contributed by atoms with Gasteiger partial charge in [0.1, 0.15) is 0 Å². The second-order valence-corrected chi connectivity index (χ2v) is 6.14. The van der Waals surface area contributed by atoms with Crippen LogP contribution in [0.1, 0.15) is 27.7 Å². The van der Waals surface area contributed by atoms with Crippen LogP contribution in [-0.4, -0.2) is 12.0 Å². The number of fused-ring (bicyclic) bond motifs is 1. The Morgan fingerprint density at radius 2 is 1.90 bits per heavy atom. The molecule has 2 aromatic heterocycles. The lowest BCUT2D eigenvalue weighted by atomic mass is 9.95. The lowest BCUT2D eigenvalue weighted by molar-refractivity contribution is 0.694. The normalized spacial score (nSPS) is 12.8. The van der Waals surface area contributed by atoms with Crippen molar-refractivity contribution in [3.05, 3.63) is 63.5 Å². The number of aromatic nitrogens is 1. The Hall–Kier alpha value is -1.71. The average Bonchev–Trinajstić information content (AvgIpc) is 2.86. The summed E-state index contributed by atoms with van der Waals surface area (Å²) in [5, 5.41) is 6.84. The monoisotopic (exact) mass is 282 g/mol. The van der Waals surface area contributed by atoms with E-state index in [4.69, 9.17) is 0 Å². The molecule has 0 amide bonds. The van der Waals surface area contributed by atoms with Gasteiger partial charge in [0.25, 0.3) is 0 Å². The molecule has 1 aromatic carbocycles. The Balaban J connectivity index is 2.24. The van der Waals surface area contributed by atoms with Crippen molar-refractivity contribution in [3.63, 3.8) is 0 Å². The summed E-state index contributed by atoms with van der Waals surface area (Å²) in [4.78, 5) is 6.00. The maximum Gasteiger partial charge on any atom is 0.0708 e. The molecule has 3 aromatic rings. The summed E-state index contributed by atoms with van der Waals surface area (Å²) in [5.41, 5.74) is 4.79. The van der Waals surface area contributed by atoms with Crippen LogP contribution in [0.4, 0.5) is 0 Å². The molecule has 0 spiro atoms. The van der Waals surface area contributed by atoms with E-state index in [2.05, 4.69) is 59.9 Å². The van der Waals surface area contributed by atoms with E-state index in [0.717, 1.165) is 11.2 Å². The van der Waals surface area contributed by atoms with E-state index in [0.29, 0.717) is 0 Å². The van der Waals surface area contributed by atoms with Crippen LogP contribution in [0.5, 0.6) is 0 Å². The first-order valence-electron chi connectivity index (χ1n) is 6.78. The van der Waals surface area contributed by atoms with Crippen molar-refractivity contribution in [2.75, 3.05) is 7.05 Å². The highest BCUT2D eigenvalue weighted by atomic mass is 32.1. The Kier molecular flexibility index (Phi) is 3.55. The van der Waals surface area contributed by atoms with E-state index in [1.165, 1.54) is 21.4 Å². The van der Waals surface area contributed by atoms with Gasteiger partial charge in [0.05, 0.1) is 11.6 Å². The van der Waals surface area contributed by atoms with Crippen LogP contribution >= 0.6 is 11.3 Å². The zero-order valence-electron chi connectivity index (χ0n) is 12.0. The summed E-state index contributed by atoms with van der Waals surface area (Å²) in [6.07, 6.45) is 0. The smallest absolute Gasteiger partial charge is 0.0708 e. The maximum absolute atomic E-state index is 4.63. The largest absolute Gasteiger partial charge is 0.309 e. The molecule has 0 radical (unpaired) electrons. The van der Waals surface area contributed by atoms with Crippen LogP contribution < -0.4 is 5.32 Å². The van der Waals surface area contributed by atoms with Crippen LogP contribution in [0.2, 0.25) is 0 Å². The molecule has 3 heteroatoms. The minimum absolute atomic E-state index is 0.216. The first-order valence-corrected chi connectivity index (χ1v) is 7.66. The first kappa shape index (κ1) is 13.3. The fourth-order valence-electron chi connectivity index (χ4n) is 2.75. The second kappa shape index (κ2) is 5.35. The molecule has 0 saturated carbocycles. The van der Waals surface area contributed by atoms with Crippen molar-refractivity contribution < 1.29 is 0 Å². The summed E-state index contributed by atoms with van der Waals surface area (Å²) >= 11 is 1.80. The fourth-order valence-corrected chi connectivity index (χ4v) is 3.49. The van der Waals surface area contributed by atoms with Gasteiger partial charge in [-0.25, -0.2) is 0 Å². The van der Waals surface area contributed by atoms with E-state index >= 15 is 0 Å². The predicted molar refractivity (Wildman–Crippen MR) is 86.4 cm³/mol. The van der Waals surface area contributed by atoms with E-state index in [9.17, 15) is 0 Å². The molecular weight excluding hydrogens is 264 g/mol. The molecule has 2 nitrogen and oxygen atoms in total. The van der Waals surface area contributed by atoms with E-state index in [1.54, 1.807) is 11.3 Å². The number of aryl methyl sites for hydroxylation is 2. The van der Waals surface area contributed by atoms with Gasteiger partial charge in [-0.1, -0.05) is 18.2 Å². The third-order valence-corrected chi connectivity index (χ3v) is 4.55. The zero-order chi connectivity index (χ0) is 14.1. The summed E-state index contributed by atoms with van der Waals surface area (Å²) < 4.78 is 0.